The maximum Gasteiger partial charge on any atom is 0.407 e. The van der Waals surface area contributed by atoms with Crippen LogP contribution in [0.2, 0.25) is 5.02 Å². The summed E-state index contributed by atoms with van der Waals surface area (Å²) < 4.78 is 10.8. The van der Waals surface area contributed by atoms with Crippen LogP contribution in [0.3, 0.4) is 0 Å². The van der Waals surface area contributed by atoms with Crippen LogP contribution in [0.5, 0.6) is 5.88 Å². The van der Waals surface area contributed by atoms with E-state index in [1.54, 1.807) is 37.6 Å². The standard InChI is InChI=1S/C29H33ClN6O5/c1-29(2,3)41-28(39)32-12-11-23(37)35(4)16-18-5-10-21(22(30)15-18)19-6-8-20(9-7-19)36-13-14-40-26-24(27(36)38)25(31)33-17-34-26/h5-10,15,17H,11-14,16H2,1-4H3,(H,32,39)(H2,31,33,34). The van der Waals surface area contributed by atoms with Gasteiger partial charge < -0.3 is 30.3 Å². The summed E-state index contributed by atoms with van der Waals surface area (Å²) in [5, 5.41) is 3.12. The summed E-state index contributed by atoms with van der Waals surface area (Å²) in [6.45, 7) is 6.46. The Kier molecular flexibility index (Phi) is 8.97. The molecule has 11 nitrogen and oxygen atoms in total. The lowest BCUT2D eigenvalue weighted by molar-refractivity contribution is -0.130. The van der Waals surface area contributed by atoms with Gasteiger partial charge in [0.15, 0.2) is 0 Å². The fourth-order valence-corrected chi connectivity index (χ4v) is 4.57. The van der Waals surface area contributed by atoms with Crippen LogP contribution in [0.1, 0.15) is 43.1 Å². The van der Waals surface area contributed by atoms with Crippen molar-refractivity contribution in [1.82, 2.24) is 20.2 Å². The third-order valence-electron chi connectivity index (χ3n) is 6.23. The molecule has 1 aromatic heterocycles. The second kappa shape index (κ2) is 12.4. The van der Waals surface area contributed by atoms with Crippen molar-refractivity contribution >= 4 is 41.0 Å². The Morgan fingerprint density at radius 1 is 1.17 bits per heavy atom. The largest absolute Gasteiger partial charge is 0.475 e. The van der Waals surface area contributed by atoms with E-state index in [0.29, 0.717) is 23.8 Å². The number of alkyl carbamates (subject to hydrolysis) is 1. The van der Waals surface area contributed by atoms with Crippen molar-refractivity contribution in [3.8, 4) is 17.0 Å². The number of hydrogen-bond acceptors (Lipinski definition) is 8. The van der Waals surface area contributed by atoms with E-state index in [2.05, 4.69) is 15.3 Å². The molecule has 41 heavy (non-hydrogen) atoms. The van der Waals surface area contributed by atoms with Crippen molar-refractivity contribution in [3.05, 3.63) is 64.9 Å². The molecule has 12 heteroatoms. The van der Waals surface area contributed by atoms with Crippen molar-refractivity contribution in [2.24, 2.45) is 0 Å². The summed E-state index contributed by atoms with van der Waals surface area (Å²) in [6.07, 6.45) is 0.855. The zero-order valence-corrected chi connectivity index (χ0v) is 24.2. The van der Waals surface area contributed by atoms with Gasteiger partial charge in [-0.3, -0.25) is 9.59 Å². The number of benzene rings is 2. The van der Waals surface area contributed by atoms with Crippen LogP contribution in [0.25, 0.3) is 11.1 Å². The number of fused-ring (bicyclic) bond motifs is 1. The molecule has 2 aromatic carbocycles. The first-order valence-corrected chi connectivity index (χ1v) is 13.5. The second-order valence-corrected chi connectivity index (χ2v) is 10.9. The van der Waals surface area contributed by atoms with E-state index in [1.165, 1.54) is 6.33 Å². The summed E-state index contributed by atoms with van der Waals surface area (Å²) >= 11 is 6.63. The molecule has 1 aliphatic heterocycles. The van der Waals surface area contributed by atoms with Gasteiger partial charge in [-0.15, -0.1) is 0 Å². The first-order valence-electron chi connectivity index (χ1n) is 13.1. The maximum atomic E-state index is 13.2. The monoisotopic (exact) mass is 580 g/mol. The van der Waals surface area contributed by atoms with E-state index >= 15 is 0 Å². The summed E-state index contributed by atoms with van der Waals surface area (Å²) in [5.41, 5.74) is 8.69. The molecule has 216 valence electrons. The number of nitrogens with two attached hydrogens (primary N) is 1. The number of anilines is 2. The number of nitrogens with one attached hydrogen (secondary N) is 1. The van der Waals surface area contributed by atoms with Gasteiger partial charge in [-0.05, 0) is 50.1 Å². The molecule has 3 amide bonds. The highest BCUT2D eigenvalue weighted by molar-refractivity contribution is 6.33. The van der Waals surface area contributed by atoms with Crippen molar-refractivity contribution < 1.29 is 23.9 Å². The van der Waals surface area contributed by atoms with Gasteiger partial charge in [-0.2, -0.15) is 0 Å². The molecule has 0 fully saturated rings. The third kappa shape index (κ3) is 7.43. The number of ether oxygens (including phenoxy) is 2. The van der Waals surface area contributed by atoms with E-state index in [9.17, 15) is 14.4 Å². The average molecular weight is 581 g/mol. The molecular weight excluding hydrogens is 548 g/mol. The highest BCUT2D eigenvalue weighted by atomic mass is 35.5. The first kappa shape index (κ1) is 29.6. The first-order chi connectivity index (χ1) is 19.4. The minimum Gasteiger partial charge on any atom is -0.475 e. The minimum atomic E-state index is -0.600. The van der Waals surface area contributed by atoms with Crippen LogP contribution in [-0.2, 0) is 16.1 Å². The molecule has 4 rings (SSSR count). The topological polar surface area (TPSA) is 140 Å². The van der Waals surface area contributed by atoms with Gasteiger partial charge >= 0.3 is 6.09 Å². The Hall–Kier alpha value is -4.38. The van der Waals surface area contributed by atoms with Gasteiger partial charge in [-0.25, -0.2) is 14.8 Å². The Bertz CT molecular complexity index is 1440. The summed E-state index contributed by atoms with van der Waals surface area (Å²) in [4.78, 5) is 48.6. The van der Waals surface area contributed by atoms with Crippen molar-refractivity contribution in [1.29, 1.82) is 0 Å². The quantitative estimate of drug-likeness (QED) is 0.422. The summed E-state index contributed by atoms with van der Waals surface area (Å²) in [7, 11) is 1.70. The van der Waals surface area contributed by atoms with E-state index in [1.807, 2.05) is 42.5 Å². The normalized spacial score (nSPS) is 13.1. The molecule has 0 unspecified atom stereocenters. The van der Waals surface area contributed by atoms with Gasteiger partial charge in [0.05, 0.1) is 6.54 Å². The highest BCUT2D eigenvalue weighted by Crippen LogP contribution is 2.32. The summed E-state index contributed by atoms with van der Waals surface area (Å²) in [6, 6.07) is 13.1. The average Bonchev–Trinajstić information content (AvgIpc) is 3.07. The molecule has 0 atom stereocenters. The molecule has 2 heterocycles. The maximum absolute atomic E-state index is 13.2. The van der Waals surface area contributed by atoms with Crippen molar-refractivity contribution in [3.63, 3.8) is 0 Å². The third-order valence-corrected chi connectivity index (χ3v) is 6.54. The molecule has 1 aliphatic rings. The predicted molar refractivity (Wildman–Crippen MR) is 156 cm³/mol. The van der Waals surface area contributed by atoms with Crippen LogP contribution in [-0.4, -0.2) is 65.1 Å². The Morgan fingerprint density at radius 2 is 1.90 bits per heavy atom. The Labute approximate surface area is 243 Å². The van der Waals surface area contributed by atoms with E-state index in [4.69, 9.17) is 26.8 Å². The Morgan fingerprint density at radius 3 is 2.59 bits per heavy atom. The van der Waals surface area contributed by atoms with Crippen molar-refractivity contribution in [2.45, 2.75) is 39.3 Å². The number of hydrogen-bond donors (Lipinski definition) is 2. The van der Waals surface area contributed by atoms with Gasteiger partial charge in [0.25, 0.3) is 5.91 Å². The van der Waals surface area contributed by atoms with Gasteiger partial charge in [-0.1, -0.05) is 35.9 Å². The Balaban J connectivity index is 1.37. The lowest BCUT2D eigenvalue weighted by atomic mass is 10.0. The number of amides is 3. The van der Waals surface area contributed by atoms with Crippen LogP contribution < -0.4 is 20.7 Å². The van der Waals surface area contributed by atoms with Crippen LogP contribution in [0.15, 0.2) is 48.8 Å². The van der Waals surface area contributed by atoms with Crippen LogP contribution in [0, 0.1) is 0 Å². The molecule has 0 spiro atoms. The smallest absolute Gasteiger partial charge is 0.407 e. The number of carbonyl (C=O) groups is 3. The van der Waals surface area contributed by atoms with Crippen LogP contribution >= 0.6 is 11.6 Å². The van der Waals surface area contributed by atoms with Gasteiger partial charge in [0.2, 0.25) is 11.8 Å². The van der Waals surface area contributed by atoms with Crippen LogP contribution in [0.4, 0.5) is 16.3 Å². The van der Waals surface area contributed by atoms with E-state index in [-0.39, 0.29) is 48.6 Å². The number of halogens is 1. The zero-order chi connectivity index (χ0) is 29.7. The van der Waals surface area contributed by atoms with E-state index < -0.39 is 11.7 Å². The lowest BCUT2D eigenvalue weighted by Gasteiger charge is -2.21. The fraction of sp³-hybridized carbons (Fsp3) is 0.345. The molecular formula is C29H33ClN6O5. The summed E-state index contributed by atoms with van der Waals surface area (Å²) in [5.74, 6) is -0.204. The number of nitrogens with zero attached hydrogens (tertiary/aromatic N) is 4. The molecule has 3 aromatic rings. The second-order valence-electron chi connectivity index (χ2n) is 10.5. The molecule has 0 aliphatic carbocycles. The number of aromatic nitrogens is 2. The molecule has 0 saturated heterocycles. The number of rotatable bonds is 7. The zero-order valence-electron chi connectivity index (χ0n) is 23.4. The molecule has 0 saturated carbocycles. The molecule has 0 radical (unpaired) electrons. The molecule has 0 bridgehead atoms. The predicted octanol–water partition coefficient (Wildman–Crippen LogP) is 4.29. The number of carbonyl (C=O) groups excluding carboxylic acids is 3. The number of nitrogen functional groups attached to an aromatic ring is 1. The van der Waals surface area contributed by atoms with Gasteiger partial charge in [0.1, 0.15) is 29.9 Å². The van der Waals surface area contributed by atoms with Crippen molar-refractivity contribution in [2.75, 3.05) is 37.4 Å². The fourth-order valence-electron chi connectivity index (χ4n) is 4.26. The van der Waals surface area contributed by atoms with E-state index in [0.717, 1.165) is 16.7 Å². The highest BCUT2D eigenvalue weighted by Gasteiger charge is 2.28. The van der Waals surface area contributed by atoms with Gasteiger partial charge in [0, 0.05) is 42.8 Å². The SMILES string of the molecule is CN(Cc1ccc(-c2ccc(N3CCOc4ncnc(N)c4C3=O)cc2)c(Cl)c1)C(=O)CCNC(=O)OC(C)(C)C. The molecule has 3 N–H and O–H groups in total. The minimum absolute atomic E-state index is 0.0696. The lowest BCUT2D eigenvalue weighted by Crippen LogP contribution is -2.35.